The van der Waals surface area contributed by atoms with Crippen LogP contribution in [0.1, 0.15) is 56.0 Å². The van der Waals surface area contributed by atoms with Gasteiger partial charge in [0.25, 0.3) is 0 Å². The van der Waals surface area contributed by atoms with Crippen molar-refractivity contribution in [3.05, 3.63) is 29.3 Å². The van der Waals surface area contributed by atoms with Crippen LogP contribution in [0.3, 0.4) is 0 Å². The highest BCUT2D eigenvalue weighted by Gasteiger charge is 2.26. The van der Waals surface area contributed by atoms with Crippen LogP contribution in [0.5, 0.6) is 0 Å². The van der Waals surface area contributed by atoms with Crippen LogP contribution in [0.4, 0.5) is 5.69 Å². The zero-order valence-electron chi connectivity index (χ0n) is 14.1. The Bertz CT molecular complexity index is 509. The second-order valence-corrected chi connectivity index (χ2v) is 6.19. The molecule has 0 unspecified atom stereocenters. The molecule has 0 saturated heterocycles. The van der Waals surface area contributed by atoms with E-state index in [1.807, 2.05) is 32.0 Å². The van der Waals surface area contributed by atoms with Gasteiger partial charge < -0.3 is 10.1 Å². The zero-order chi connectivity index (χ0) is 16.6. The summed E-state index contributed by atoms with van der Waals surface area (Å²) in [4.78, 5) is 21.5. The van der Waals surface area contributed by atoms with E-state index in [1.165, 1.54) is 18.4 Å². The number of esters is 1. The molecule has 0 aliphatic carbocycles. The minimum atomic E-state index is -0.302. The van der Waals surface area contributed by atoms with E-state index in [-0.39, 0.29) is 11.4 Å². The first-order chi connectivity index (χ1) is 10.4. The molecule has 0 saturated carbocycles. The number of methoxy groups -OCH3 is 1. The number of rotatable bonds is 4. The number of hydrogen-bond acceptors (Lipinski definition) is 4. The molecule has 122 valence electrons. The van der Waals surface area contributed by atoms with Crippen molar-refractivity contribution in [1.82, 2.24) is 0 Å². The van der Waals surface area contributed by atoms with E-state index in [9.17, 15) is 9.59 Å². The summed E-state index contributed by atoms with van der Waals surface area (Å²) >= 11 is 0. The summed E-state index contributed by atoms with van der Waals surface area (Å²) in [5.41, 5.74) is 2.93. The van der Waals surface area contributed by atoms with Crippen LogP contribution in [0.2, 0.25) is 0 Å². The molecular weight excluding hydrogens is 278 g/mol. The molecular formula is C18H27NO3. The van der Waals surface area contributed by atoms with Gasteiger partial charge in [0, 0.05) is 17.8 Å². The molecule has 1 aliphatic heterocycles. The third-order valence-corrected chi connectivity index (χ3v) is 3.82. The van der Waals surface area contributed by atoms with E-state index in [0.717, 1.165) is 44.1 Å². The standard InChI is InChI=1S/C10H11NO.C8H16O2/c12-7-8-3-4-10-9(6-8)2-1-5-11-10;1-5-6-8(2,3)7(9)10-4/h3-4,6-7,11H,1-2,5H2;5-6H2,1-4H3. The number of benzene rings is 1. The predicted octanol–water partition coefficient (Wildman–Crippen LogP) is 3.84. The smallest absolute Gasteiger partial charge is 0.311 e. The van der Waals surface area contributed by atoms with Crippen molar-refractivity contribution >= 4 is 17.9 Å². The molecule has 0 aromatic heterocycles. The van der Waals surface area contributed by atoms with Gasteiger partial charge in [-0.25, -0.2) is 0 Å². The predicted molar refractivity (Wildman–Crippen MR) is 89.3 cm³/mol. The van der Waals surface area contributed by atoms with Crippen molar-refractivity contribution in [3.63, 3.8) is 0 Å². The van der Waals surface area contributed by atoms with Crippen molar-refractivity contribution in [1.29, 1.82) is 0 Å². The lowest BCUT2D eigenvalue weighted by molar-refractivity contribution is -0.151. The van der Waals surface area contributed by atoms with Gasteiger partial charge in [-0.05, 0) is 56.9 Å². The summed E-state index contributed by atoms with van der Waals surface area (Å²) in [5.74, 6) is -0.116. The first-order valence-electron chi connectivity index (χ1n) is 7.85. The third kappa shape index (κ3) is 5.17. The van der Waals surface area contributed by atoms with Crippen molar-refractivity contribution in [2.24, 2.45) is 5.41 Å². The highest BCUT2D eigenvalue weighted by molar-refractivity contribution is 5.77. The maximum atomic E-state index is 11.0. The Morgan fingerprint density at radius 2 is 2.14 bits per heavy atom. The minimum absolute atomic E-state index is 0.116. The van der Waals surface area contributed by atoms with Crippen LogP contribution >= 0.6 is 0 Å². The number of fused-ring (bicyclic) bond motifs is 1. The molecule has 0 fully saturated rings. The van der Waals surface area contributed by atoms with E-state index in [2.05, 4.69) is 17.0 Å². The number of aldehydes is 1. The van der Waals surface area contributed by atoms with E-state index in [0.29, 0.717) is 0 Å². The van der Waals surface area contributed by atoms with E-state index < -0.39 is 0 Å². The van der Waals surface area contributed by atoms with Gasteiger partial charge in [0.1, 0.15) is 6.29 Å². The van der Waals surface area contributed by atoms with Crippen molar-refractivity contribution in [2.75, 3.05) is 19.0 Å². The molecule has 4 heteroatoms. The van der Waals surface area contributed by atoms with Crippen LogP contribution < -0.4 is 5.32 Å². The average molecular weight is 305 g/mol. The van der Waals surface area contributed by atoms with E-state index >= 15 is 0 Å². The summed E-state index contributed by atoms with van der Waals surface area (Å²) in [5, 5.41) is 3.30. The fraction of sp³-hybridized carbons (Fsp3) is 0.556. The number of carbonyl (C=O) groups is 2. The first-order valence-corrected chi connectivity index (χ1v) is 7.85. The molecule has 4 nitrogen and oxygen atoms in total. The number of carbonyl (C=O) groups excluding carboxylic acids is 2. The van der Waals surface area contributed by atoms with Gasteiger partial charge in [0.15, 0.2) is 0 Å². The van der Waals surface area contributed by atoms with Gasteiger partial charge in [-0.2, -0.15) is 0 Å². The molecule has 0 amide bonds. The van der Waals surface area contributed by atoms with Gasteiger partial charge in [0.05, 0.1) is 12.5 Å². The lowest BCUT2D eigenvalue weighted by Gasteiger charge is -2.19. The van der Waals surface area contributed by atoms with Crippen LogP contribution in [0, 0.1) is 5.41 Å². The second-order valence-electron chi connectivity index (χ2n) is 6.19. The summed E-state index contributed by atoms with van der Waals surface area (Å²) in [6, 6.07) is 5.80. The fourth-order valence-electron chi connectivity index (χ4n) is 2.57. The molecule has 0 bridgehead atoms. The largest absolute Gasteiger partial charge is 0.469 e. The molecule has 0 atom stereocenters. The molecule has 1 aliphatic rings. The summed E-state index contributed by atoms with van der Waals surface area (Å²) in [7, 11) is 1.43. The maximum Gasteiger partial charge on any atom is 0.311 e. The maximum absolute atomic E-state index is 11.0. The number of aryl methyl sites for hydroxylation is 1. The van der Waals surface area contributed by atoms with Crippen LogP contribution in [0.25, 0.3) is 0 Å². The SMILES string of the molecule is CCCC(C)(C)C(=O)OC.O=Cc1ccc2c(c1)CCCN2. The molecule has 1 aromatic carbocycles. The van der Waals surface area contributed by atoms with Gasteiger partial charge in [-0.1, -0.05) is 13.3 Å². The molecule has 0 radical (unpaired) electrons. The van der Waals surface area contributed by atoms with Gasteiger partial charge in [0.2, 0.25) is 0 Å². The number of anilines is 1. The zero-order valence-corrected chi connectivity index (χ0v) is 14.1. The molecule has 2 rings (SSSR count). The second kappa shape index (κ2) is 8.57. The Kier molecular flexibility index (Phi) is 7.09. The monoisotopic (exact) mass is 305 g/mol. The van der Waals surface area contributed by atoms with E-state index in [1.54, 1.807) is 0 Å². The summed E-state index contributed by atoms with van der Waals surface area (Å²) in [6.45, 7) is 6.92. The average Bonchev–Trinajstić information content (AvgIpc) is 2.54. The number of hydrogen-bond donors (Lipinski definition) is 1. The topological polar surface area (TPSA) is 55.4 Å². The van der Waals surface area contributed by atoms with Gasteiger partial charge >= 0.3 is 5.97 Å². The Hall–Kier alpha value is -1.84. The molecule has 0 spiro atoms. The fourth-order valence-corrected chi connectivity index (χ4v) is 2.57. The molecule has 1 heterocycles. The lowest BCUT2D eigenvalue weighted by atomic mass is 9.88. The van der Waals surface area contributed by atoms with Crippen LogP contribution in [0.15, 0.2) is 18.2 Å². The molecule has 1 aromatic rings. The third-order valence-electron chi connectivity index (χ3n) is 3.82. The normalized spacial score (nSPS) is 13.1. The lowest BCUT2D eigenvalue weighted by Crippen LogP contribution is -2.25. The Labute approximate surface area is 133 Å². The van der Waals surface area contributed by atoms with Gasteiger partial charge in [-0.15, -0.1) is 0 Å². The Morgan fingerprint density at radius 1 is 1.41 bits per heavy atom. The minimum Gasteiger partial charge on any atom is -0.469 e. The molecule has 22 heavy (non-hydrogen) atoms. The quantitative estimate of drug-likeness (QED) is 0.678. The molecule has 1 N–H and O–H groups in total. The summed E-state index contributed by atoms with van der Waals surface area (Å²) in [6.07, 6.45) is 5.05. The van der Waals surface area contributed by atoms with E-state index in [4.69, 9.17) is 0 Å². The Morgan fingerprint density at radius 3 is 2.73 bits per heavy atom. The van der Waals surface area contributed by atoms with Gasteiger partial charge in [-0.3, -0.25) is 9.59 Å². The Balaban J connectivity index is 0.000000225. The highest BCUT2D eigenvalue weighted by atomic mass is 16.5. The van der Waals surface area contributed by atoms with Crippen molar-refractivity contribution in [2.45, 2.75) is 46.5 Å². The van der Waals surface area contributed by atoms with Crippen molar-refractivity contribution < 1.29 is 14.3 Å². The summed E-state index contributed by atoms with van der Waals surface area (Å²) < 4.78 is 4.63. The van der Waals surface area contributed by atoms with Crippen molar-refractivity contribution in [3.8, 4) is 0 Å². The number of nitrogens with one attached hydrogen (secondary N) is 1. The van der Waals surface area contributed by atoms with Crippen LogP contribution in [-0.4, -0.2) is 25.9 Å². The number of ether oxygens (including phenoxy) is 1. The van der Waals surface area contributed by atoms with Crippen LogP contribution in [-0.2, 0) is 16.0 Å². The first kappa shape index (κ1) is 18.2. The highest BCUT2D eigenvalue weighted by Crippen LogP contribution is 2.23.